The molecule has 1 aliphatic rings. The third-order valence-corrected chi connectivity index (χ3v) is 8.27. The summed E-state index contributed by atoms with van der Waals surface area (Å²) in [5.41, 5.74) is 10.3. The highest BCUT2D eigenvalue weighted by Crippen LogP contribution is 2.43. The second-order valence-electron chi connectivity index (χ2n) is 10.5. The minimum absolute atomic E-state index is 0.273. The van der Waals surface area contributed by atoms with Crippen LogP contribution in [0.3, 0.4) is 0 Å². The van der Waals surface area contributed by atoms with Gasteiger partial charge in [0.15, 0.2) is 5.13 Å². The van der Waals surface area contributed by atoms with E-state index in [0.717, 1.165) is 46.3 Å². The lowest BCUT2D eigenvalue weighted by Gasteiger charge is -2.26. The molecule has 0 atom stereocenters. The molecule has 4 aromatic rings. The number of aliphatic imine (C=N–C) groups is 1. The van der Waals surface area contributed by atoms with Crippen LogP contribution in [0.1, 0.15) is 47.9 Å². The molecule has 0 unspecified atom stereocenters. The Labute approximate surface area is 248 Å². The van der Waals surface area contributed by atoms with Crippen LogP contribution < -0.4 is 4.90 Å². The lowest BCUT2D eigenvalue weighted by atomic mass is 9.93. The highest BCUT2D eigenvalue weighted by atomic mass is 32.1. The SMILES string of the molecule is C=Cc1ccc(CN(c2nc(-c3ccccc3)c(C(=C3C=CC(=NCC)C=C3)c3ccc(C)cc3)s2)C(C)C)cc1. The van der Waals surface area contributed by atoms with E-state index in [1.165, 1.54) is 27.1 Å². The van der Waals surface area contributed by atoms with Gasteiger partial charge in [-0.25, -0.2) is 4.98 Å². The maximum atomic E-state index is 5.36. The molecule has 0 spiro atoms. The Kier molecular flexibility index (Phi) is 8.91. The normalized spacial score (nSPS) is 12.6. The Morgan fingerprint density at radius 1 is 0.927 bits per heavy atom. The van der Waals surface area contributed by atoms with Crippen LogP contribution in [0.25, 0.3) is 22.9 Å². The molecule has 1 heterocycles. The van der Waals surface area contributed by atoms with Gasteiger partial charge in [-0.15, -0.1) is 0 Å². The summed E-state index contributed by atoms with van der Waals surface area (Å²) in [7, 11) is 0. The zero-order chi connectivity index (χ0) is 28.8. The zero-order valence-electron chi connectivity index (χ0n) is 24.3. The van der Waals surface area contributed by atoms with Gasteiger partial charge in [0.2, 0.25) is 0 Å². The van der Waals surface area contributed by atoms with Crippen molar-refractivity contribution in [2.24, 2.45) is 4.99 Å². The van der Waals surface area contributed by atoms with E-state index in [4.69, 9.17) is 4.98 Å². The molecule has 5 rings (SSSR count). The van der Waals surface area contributed by atoms with Gasteiger partial charge in [0, 0.05) is 30.3 Å². The molecule has 206 valence electrons. The summed E-state index contributed by atoms with van der Waals surface area (Å²) in [6, 6.07) is 28.3. The highest BCUT2D eigenvalue weighted by molar-refractivity contribution is 7.17. The van der Waals surface area contributed by atoms with Gasteiger partial charge in [0.1, 0.15) is 0 Å². The van der Waals surface area contributed by atoms with Gasteiger partial charge in [-0.2, -0.15) is 0 Å². The van der Waals surface area contributed by atoms with Crippen LogP contribution in [0.2, 0.25) is 0 Å². The van der Waals surface area contributed by atoms with Crippen molar-refractivity contribution in [1.29, 1.82) is 0 Å². The predicted molar refractivity (Wildman–Crippen MR) is 179 cm³/mol. The zero-order valence-corrected chi connectivity index (χ0v) is 25.2. The fourth-order valence-electron chi connectivity index (χ4n) is 4.88. The number of aryl methyl sites for hydroxylation is 1. The van der Waals surface area contributed by atoms with Crippen molar-refractivity contribution in [3.05, 3.63) is 142 Å². The monoisotopic (exact) mass is 555 g/mol. The molecule has 1 aliphatic carbocycles. The number of nitrogens with zero attached hydrogens (tertiary/aromatic N) is 3. The minimum atomic E-state index is 0.273. The van der Waals surface area contributed by atoms with Crippen molar-refractivity contribution in [2.75, 3.05) is 11.4 Å². The standard InChI is InChI=1S/C37H37N3S/c1-6-28-15-17-29(18-16-28)25-40(26(3)4)37-39-35(32-11-9-8-10-12-32)36(41-37)34(30-19-13-27(5)14-20-30)31-21-23-33(24-22-31)38-7-2/h6,8-24,26H,1,7,25H2,2-5H3. The van der Waals surface area contributed by atoms with E-state index in [2.05, 4.69) is 147 Å². The first kappa shape index (κ1) is 28.3. The molecule has 0 saturated heterocycles. The van der Waals surface area contributed by atoms with Crippen molar-refractivity contribution in [1.82, 2.24) is 4.98 Å². The lowest BCUT2D eigenvalue weighted by Crippen LogP contribution is -2.30. The predicted octanol–water partition coefficient (Wildman–Crippen LogP) is 9.57. The fraction of sp³-hybridized carbons (Fsp3) is 0.189. The van der Waals surface area contributed by atoms with Gasteiger partial charge in [0.25, 0.3) is 0 Å². The lowest BCUT2D eigenvalue weighted by molar-refractivity contribution is 0.680. The van der Waals surface area contributed by atoms with Gasteiger partial charge in [-0.1, -0.05) is 121 Å². The van der Waals surface area contributed by atoms with Crippen molar-refractivity contribution < 1.29 is 0 Å². The Morgan fingerprint density at radius 3 is 2.22 bits per heavy atom. The quantitative estimate of drug-likeness (QED) is 0.206. The topological polar surface area (TPSA) is 28.5 Å². The van der Waals surface area contributed by atoms with E-state index in [0.29, 0.717) is 0 Å². The van der Waals surface area contributed by atoms with Crippen LogP contribution in [-0.4, -0.2) is 23.3 Å². The van der Waals surface area contributed by atoms with E-state index in [1.807, 2.05) is 6.08 Å². The molecule has 3 aromatic carbocycles. The molecular weight excluding hydrogens is 518 g/mol. The number of benzene rings is 3. The van der Waals surface area contributed by atoms with Crippen molar-refractivity contribution in [3.63, 3.8) is 0 Å². The van der Waals surface area contributed by atoms with Crippen LogP contribution >= 0.6 is 11.3 Å². The van der Waals surface area contributed by atoms with Crippen LogP contribution in [0.4, 0.5) is 5.13 Å². The Balaban J connectivity index is 1.69. The molecule has 0 N–H and O–H groups in total. The number of rotatable bonds is 9. The minimum Gasteiger partial charge on any atom is -0.341 e. The maximum absolute atomic E-state index is 5.36. The third kappa shape index (κ3) is 6.55. The van der Waals surface area contributed by atoms with E-state index >= 15 is 0 Å². The molecule has 0 aliphatic heterocycles. The summed E-state index contributed by atoms with van der Waals surface area (Å²) in [6.07, 6.45) is 10.5. The Hall–Kier alpha value is -4.28. The number of allylic oxidation sites excluding steroid dienone is 5. The van der Waals surface area contributed by atoms with E-state index in [9.17, 15) is 0 Å². The van der Waals surface area contributed by atoms with Gasteiger partial charge >= 0.3 is 0 Å². The van der Waals surface area contributed by atoms with E-state index in [1.54, 1.807) is 11.3 Å². The van der Waals surface area contributed by atoms with Gasteiger partial charge in [0.05, 0.1) is 16.3 Å². The Morgan fingerprint density at radius 2 is 1.61 bits per heavy atom. The smallest absolute Gasteiger partial charge is 0.187 e. The van der Waals surface area contributed by atoms with E-state index < -0.39 is 0 Å². The number of aromatic nitrogens is 1. The number of thiazole rings is 1. The average Bonchev–Trinajstić information content (AvgIpc) is 3.43. The molecule has 0 saturated carbocycles. The summed E-state index contributed by atoms with van der Waals surface area (Å²) >= 11 is 1.77. The van der Waals surface area contributed by atoms with Crippen LogP contribution in [-0.2, 0) is 6.54 Å². The first-order valence-electron chi connectivity index (χ1n) is 14.2. The summed E-state index contributed by atoms with van der Waals surface area (Å²) in [5.74, 6) is 0. The van der Waals surface area contributed by atoms with Crippen LogP contribution in [0, 0.1) is 6.92 Å². The van der Waals surface area contributed by atoms with Crippen LogP contribution in [0.5, 0.6) is 0 Å². The summed E-state index contributed by atoms with van der Waals surface area (Å²) in [6.45, 7) is 14.1. The molecule has 1 aromatic heterocycles. The van der Waals surface area contributed by atoms with Crippen molar-refractivity contribution >= 4 is 33.8 Å². The van der Waals surface area contributed by atoms with Gasteiger partial charge < -0.3 is 4.90 Å². The summed E-state index contributed by atoms with van der Waals surface area (Å²) in [4.78, 5) is 13.5. The number of hydrogen-bond donors (Lipinski definition) is 0. The summed E-state index contributed by atoms with van der Waals surface area (Å²) in [5, 5.41) is 1.02. The second-order valence-corrected chi connectivity index (χ2v) is 11.4. The van der Waals surface area contributed by atoms with Gasteiger partial charge in [-0.3, -0.25) is 4.99 Å². The van der Waals surface area contributed by atoms with E-state index in [-0.39, 0.29) is 6.04 Å². The number of hydrogen-bond acceptors (Lipinski definition) is 4. The molecule has 0 amide bonds. The molecule has 0 fully saturated rings. The fourth-order valence-corrected chi connectivity index (χ4v) is 6.19. The average molecular weight is 556 g/mol. The third-order valence-electron chi connectivity index (χ3n) is 7.16. The number of anilines is 1. The Bertz CT molecular complexity index is 1600. The molecule has 4 heteroatoms. The molecule has 0 radical (unpaired) electrons. The molecular formula is C37H37N3S. The maximum Gasteiger partial charge on any atom is 0.187 e. The van der Waals surface area contributed by atoms with Crippen LogP contribution in [0.15, 0.2) is 120 Å². The largest absolute Gasteiger partial charge is 0.341 e. The first-order valence-corrected chi connectivity index (χ1v) is 15.0. The van der Waals surface area contributed by atoms with Gasteiger partial charge in [-0.05, 0) is 62.1 Å². The summed E-state index contributed by atoms with van der Waals surface area (Å²) < 4.78 is 0. The van der Waals surface area contributed by atoms with Crippen molar-refractivity contribution in [3.8, 4) is 11.3 Å². The second kappa shape index (κ2) is 12.9. The first-order chi connectivity index (χ1) is 20.0. The molecule has 3 nitrogen and oxygen atoms in total. The highest BCUT2D eigenvalue weighted by Gasteiger charge is 2.24. The molecule has 41 heavy (non-hydrogen) atoms. The van der Waals surface area contributed by atoms with Crippen molar-refractivity contribution in [2.45, 2.75) is 40.3 Å². The molecule has 0 bridgehead atoms.